The largest absolute Gasteiger partial charge is 0.394 e. The van der Waals surface area contributed by atoms with Gasteiger partial charge in [0, 0.05) is 0 Å². The lowest BCUT2D eigenvalue weighted by atomic mass is 9.54. The molecule has 4 fully saturated rings. The molecule has 3 heterocycles. The van der Waals surface area contributed by atoms with Gasteiger partial charge in [-0.25, -0.2) is 0 Å². The van der Waals surface area contributed by atoms with Crippen LogP contribution < -0.4 is 0 Å². The molecule has 3 aliphatic heterocycles. The Morgan fingerprint density at radius 3 is 1.79 bits per heavy atom. The van der Waals surface area contributed by atoms with Crippen molar-refractivity contribution in [1.29, 1.82) is 0 Å². The van der Waals surface area contributed by atoms with Crippen LogP contribution in [0.5, 0.6) is 0 Å². The van der Waals surface area contributed by atoms with Gasteiger partial charge in [0.25, 0.3) is 0 Å². The normalized spacial score (nSPS) is 63.2. The van der Waals surface area contributed by atoms with Gasteiger partial charge in [-0.1, -0.05) is 0 Å². The van der Waals surface area contributed by atoms with Crippen molar-refractivity contribution in [2.24, 2.45) is 0 Å². The molecule has 0 aromatic rings. The maximum absolute atomic E-state index is 10.9. The molecule has 10 atom stereocenters. The summed E-state index contributed by atoms with van der Waals surface area (Å²) in [5.41, 5.74) is -6.87. The Labute approximate surface area is 134 Å². The number of aliphatic hydroxyl groups excluding tert-OH is 6. The fraction of sp³-hybridized carbons (Fsp3) is 1.00. The van der Waals surface area contributed by atoms with E-state index in [1.54, 1.807) is 0 Å². The highest BCUT2D eigenvalue weighted by atomic mass is 16.7. The minimum Gasteiger partial charge on any atom is -0.394 e. The van der Waals surface area contributed by atoms with E-state index in [0.29, 0.717) is 0 Å². The van der Waals surface area contributed by atoms with Gasteiger partial charge in [0.05, 0.1) is 6.61 Å². The lowest BCUT2D eigenvalue weighted by molar-refractivity contribution is -0.561. The number of hydrogen-bond donors (Lipinski definition) is 10. The first-order valence-corrected chi connectivity index (χ1v) is 7.15. The zero-order valence-electron chi connectivity index (χ0n) is 12.2. The highest BCUT2D eigenvalue weighted by Gasteiger charge is 2.89. The smallest absolute Gasteiger partial charge is 0.231 e. The lowest BCUT2D eigenvalue weighted by Crippen LogP contribution is -2.99. The zero-order chi connectivity index (χ0) is 18.3. The Kier molecular flexibility index (Phi) is 3.84. The fourth-order valence-corrected chi connectivity index (χ4v) is 3.99. The molecule has 12 nitrogen and oxygen atoms in total. The number of hydrogen-bond acceptors (Lipinski definition) is 12. The average molecular weight is 356 g/mol. The Morgan fingerprint density at radius 1 is 0.750 bits per heavy atom. The van der Waals surface area contributed by atoms with E-state index in [2.05, 4.69) is 0 Å². The minimum absolute atomic E-state index is 0.926. The van der Waals surface area contributed by atoms with Gasteiger partial charge in [-0.2, -0.15) is 0 Å². The molecule has 0 aromatic carbocycles. The van der Waals surface area contributed by atoms with Gasteiger partial charge >= 0.3 is 0 Å². The van der Waals surface area contributed by atoms with Crippen molar-refractivity contribution < 1.29 is 60.5 Å². The number of ether oxygens (including phenoxy) is 2. The van der Waals surface area contributed by atoms with E-state index in [1.165, 1.54) is 0 Å². The van der Waals surface area contributed by atoms with Crippen molar-refractivity contribution in [3.8, 4) is 0 Å². The summed E-state index contributed by atoms with van der Waals surface area (Å²) in [6.45, 7) is -2.33. The Balaban J connectivity index is 2.25. The van der Waals surface area contributed by atoms with Crippen LogP contribution in [0.2, 0.25) is 0 Å². The molecular formula is C12H20O12. The van der Waals surface area contributed by atoms with E-state index in [1.807, 2.05) is 0 Å². The molecule has 4 aliphatic rings. The SMILES string of the molecule is OC[C@H]1OC2(O)C3O[C@@](O)(CO)[C@](O)([C@H](O)[C@@H]3O)[C@]2(O)[C@@H](O)[C@@H]1O. The second-order valence-corrected chi connectivity index (χ2v) is 6.42. The molecule has 0 aromatic heterocycles. The number of rotatable bonds is 2. The van der Waals surface area contributed by atoms with Gasteiger partial charge in [0.2, 0.25) is 11.6 Å². The minimum atomic E-state index is -3.47. The first-order valence-electron chi connectivity index (χ1n) is 7.15. The molecule has 24 heavy (non-hydrogen) atoms. The van der Waals surface area contributed by atoms with E-state index in [0.717, 1.165) is 0 Å². The van der Waals surface area contributed by atoms with Crippen LogP contribution in [-0.2, 0) is 9.47 Å². The molecule has 3 saturated heterocycles. The van der Waals surface area contributed by atoms with Gasteiger partial charge in [-0.3, -0.25) is 0 Å². The van der Waals surface area contributed by atoms with Crippen LogP contribution >= 0.6 is 0 Å². The summed E-state index contributed by atoms with van der Waals surface area (Å²) in [6, 6.07) is 0. The Bertz CT molecular complexity index is 532. The molecule has 4 rings (SSSR count). The van der Waals surface area contributed by atoms with Gasteiger partial charge in [0.1, 0.15) is 43.2 Å². The quantitative estimate of drug-likeness (QED) is 0.223. The molecule has 0 amide bonds. The van der Waals surface area contributed by atoms with E-state index in [9.17, 15) is 51.1 Å². The van der Waals surface area contributed by atoms with E-state index < -0.39 is 72.6 Å². The van der Waals surface area contributed by atoms with E-state index in [4.69, 9.17) is 9.47 Å². The fourth-order valence-electron chi connectivity index (χ4n) is 3.99. The van der Waals surface area contributed by atoms with E-state index >= 15 is 0 Å². The van der Waals surface area contributed by atoms with Gasteiger partial charge < -0.3 is 60.5 Å². The van der Waals surface area contributed by atoms with Gasteiger partial charge in [-0.15, -0.1) is 0 Å². The summed E-state index contributed by atoms with van der Waals surface area (Å²) in [6.07, 6.45) is -12.9. The molecule has 0 spiro atoms. The highest BCUT2D eigenvalue weighted by molar-refractivity contribution is 5.33. The summed E-state index contributed by atoms with van der Waals surface area (Å²) in [7, 11) is 0. The molecule has 1 aliphatic carbocycles. The molecule has 1 saturated carbocycles. The first kappa shape index (κ1) is 18.3. The Morgan fingerprint density at radius 2 is 1.29 bits per heavy atom. The molecule has 2 bridgehead atoms. The molecule has 10 N–H and O–H groups in total. The van der Waals surface area contributed by atoms with Gasteiger partial charge in [0.15, 0.2) is 11.2 Å². The standard InChI is InChI=1S/C12H20O12/c13-1-3-4(15)6(17)11(21)10(20)7(18)5(16)8(12(11,22)23-3)24-9(10,19)2-14/h3-8,13-22H,1-2H2/t3-,4-,5+,6+,7-,8?,9+,10-,11-,12?/m1/s1. The summed E-state index contributed by atoms with van der Waals surface area (Å²) >= 11 is 0. The van der Waals surface area contributed by atoms with Crippen LogP contribution in [0.25, 0.3) is 0 Å². The molecule has 12 heteroatoms. The monoisotopic (exact) mass is 356 g/mol. The summed E-state index contributed by atoms with van der Waals surface area (Å²) in [4.78, 5) is 0. The number of fused-ring (bicyclic) bond motifs is 2. The Hall–Kier alpha value is -0.480. The van der Waals surface area contributed by atoms with Crippen molar-refractivity contribution in [1.82, 2.24) is 0 Å². The highest BCUT2D eigenvalue weighted by Crippen LogP contribution is 2.60. The molecule has 0 radical (unpaired) electrons. The average Bonchev–Trinajstić information content (AvgIpc) is 2.56. The van der Waals surface area contributed by atoms with Crippen LogP contribution in [-0.4, -0.2) is 124 Å². The van der Waals surface area contributed by atoms with Crippen molar-refractivity contribution in [3.05, 3.63) is 0 Å². The van der Waals surface area contributed by atoms with Crippen molar-refractivity contribution in [3.63, 3.8) is 0 Å². The second kappa shape index (κ2) is 5.03. The lowest BCUT2D eigenvalue weighted by Gasteiger charge is -2.71. The molecule has 140 valence electrons. The summed E-state index contributed by atoms with van der Waals surface area (Å²) in [5.74, 6) is -6.26. The van der Waals surface area contributed by atoms with Crippen molar-refractivity contribution >= 4 is 0 Å². The first-order chi connectivity index (χ1) is 11.0. The topological polar surface area (TPSA) is 221 Å². The van der Waals surface area contributed by atoms with Crippen LogP contribution in [0.3, 0.4) is 0 Å². The van der Waals surface area contributed by atoms with Crippen LogP contribution in [0, 0.1) is 0 Å². The predicted octanol–water partition coefficient (Wildman–Crippen LogP) is -6.93. The summed E-state index contributed by atoms with van der Waals surface area (Å²) < 4.78 is 9.82. The predicted molar refractivity (Wildman–Crippen MR) is 67.7 cm³/mol. The van der Waals surface area contributed by atoms with E-state index in [-0.39, 0.29) is 0 Å². The molecular weight excluding hydrogens is 336 g/mol. The second-order valence-electron chi connectivity index (χ2n) is 6.42. The third-order valence-corrected chi connectivity index (χ3v) is 5.35. The maximum atomic E-state index is 10.9. The zero-order valence-corrected chi connectivity index (χ0v) is 12.2. The van der Waals surface area contributed by atoms with Crippen LogP contribution in [0.1, 0.15) is 0 Å². The van der Waals surface area contributed by atoms with Crippen LogP contribution in [0.15, 0.2) is 0 Å². The van der Waals surface area contributed by atoms with Crippen molar-refractivity contribution in [2.75, 3.05) is 13.2 Å². The third-order valence-electron chi connectivity index (χ3n) is 5.35. The maximum Gasteiger partial charge on any atom is 0.231 e. The third kappa shape index (κ3) is 1.59. The number of aliphatic hydroxyl groups is 10. The molecule has 2 unspecified atom stereocenters. The van der Waals surface area contributed by atoms with Crippen molar-refractivity contribution in [2.45, 2.75) is 59.4 Å². The van der Waals surface area contributed by atoms with Crippen LogP contribution in [0.4, 0.5) is 0 Å². The van der Waals surface area contributed by atoms with Gasteiger partial charge in [-0.05, 0) is 0 Å². The summed E-state index contributed by atoms with van der Waals surface area (Å²) in [5, 5.41) is 101.